The van der Waals surface area contributed by atoms with Gasteiger partial charge in [0, 0.05) is 30.2 Å². The van der Waals surface area contributed by atoms with Crippen LogP contribution in [0.25, 0.3) is 0 Å². The summed E-state index contributed by atoms with van der Waals surface area (Å²) in [5.41, 5.74) is 8.10. The SMILES string of the molecule is CC1OCCC1N(C)Cc1ccc(CN)cc1Br. The number of rotatable bonds is 4. The maximum atomic E-state index is 5.64. The molecule has 18 heavy (non-hydrogen) atoms. The largest absolute Gasteiger partial charge is 0.377 e. The number of hydrogen-bond donors (Lipinski definition) is 1. The number of likely N-dealkylation sites (N-methyl/N-ethyl adjacent to an activating group) is 1. The van der Waals surface area contributed by atoms with Crippen LogP contribution in [-0.4, -0.2) is 30.7 Å². The molecule has 2 N–H and O–H groups in total. The highest BCUT2D eigenvalue weighted by molar-refractivity contribution is 9.10. The summed E-state index contributed by atoms with van der Waals surface area (Å²) in [4.78, 5) is 2.37. The lowest BCUT2D eigenvalue weighted by molar-refractivity contribution is 0.0814. The van der Waals surface area contributed by atoms with Gasteiger partial charge in [0.1, 0.15) is 0 Å². The maximum absolute atomic E-state index is 5.64. The van der Waals surface area contributed by atoms with E-state index in [0.717, 1.165) is 29.6 Å². The van der Waals surface area contributed by atoms with Gasteiger partial charge in [-0.15, -0.1) is 0 Å². The maximum Gasteiger partial charge on any atom is 0.0703 e. The molecule has 3 nitrogen and oxygen atoms in total. The predicted octanol–water partition coefficient (Wildman–Crippen LogP) is 2.52. The van der Waals surface area contributed by atoms with Gasteiger partial charge in [-0.25, -0.2) is 0 Å². The van der Waals surface area contributed by atoms with Crippen LogP contribution in [0.5, 0.6) is 0 Å². The number of hydrogen-bond acceptors (Lipinski definition) is 3. The molecule has 0 amide bonds. The second-order valence-electron chi connectivity index (χ2n) is 4.98. The molecule has 1 fully saturated rings. The predicted molar refractivity (Wildman–Crippen MR) is 77.3 cm³/mol. The van der Waals surface area contributed by atoms with Crippen molar-refractivity contribution < 1.29 is 4.74 Å². The van der Waals surface area contributed by atoms with Crippen LogP contribution in [-0.2, 0) is 17.8 Å². The molecular weight excluding hydrogens is 292 g/mol. The van der Waals surface area contributed by atoms with Gasteiger partial charge < -0.3 is 10.5 Å². The van der Waals surface area contributed by atoms with E-state index >= 15 is 0 Å². The summed E-state index contributed by atoms with van der Waals surface area (Å²) in [6.07, 6.45) is 1.45. The van der Waals surface area contributed by atoms with Crippen LogP contribution in [0.2, 0.25) is 0 Å². The molecule has 0 saturated carbocycles. The molecule has 0 aromatic heterocycles. The molecule has 2 unspecified atom stereocenters. The molecule has 100 valence electrons. The highest BCUT2D eigenvalue weighted by Gasteiger charge is 2.27. The highest BCUT2D eigenvalue weighted by atomic mass is 79.9. The Morgan fingerprint density at radius 3 is 2.83 bits per heavy atom. The molecule has 0 radical (unpaired) electrons. The first-order chi connectivity index (χ1) is 8.61. The monoisotopic (exact) mass is 312 g/mol. The van der Waals surface area contributed by atoms with E-state index in [0.29, 0.717) is 18.7 Å². The first-order valence-electron chi connectivity index (χ1n) is 6.41. The van der Waals surface area contributed by atoms with E-state index in [2.05, 4.69) is 53.0 Å². The van der Waals surface area contributed by atoms with Gasteiger partial charge in [-0.05, 0) is 37.6 Å². The first kappa shape index (κ1) is 14.0. The molecule has 0 spiro atoms. The normalized spacial score (nSPS) is 23.8. The Balaban J connectivity index is 2.04. The lowest BCUT2D eigenvalue weighted by atomic mass is 10.1. The van der Waals surface area contributed by atoms with Crippen molar-refractivity contribution >= 4 is 15.9 Å². The van der Waals surface area contributed by atoms with Gasteiger partial charge in [0.15, 0.2) is 0 Å². The third kappa shape index (κ3) is 3.12. The Kier molecular flexibility index (Phi) is 4.78. The number of nitrogens with two attached hydrogens (primary N) is 1. The molecule has 1 aromatic carbocycles. The van der Waals surface area contributed by atoms with Crippen LogP contribution < -0.4 is 5.73 Å². The van der Waals surface area contributed by atoms with Crippen molar-refractivity contribution in [3.05, 3.63) is 33.8 Å². The number of ether oxygens (including phenoxy) is 1. The van der Waals surface area contributed by atoms with Crippen LogP contribution in [0.3, 0.4) is 0 Å². The molecule has 4 heteroatoms. The number of halogens is 1. The zero-order valence-electron chi connectivity index (χ0n) is 11.0. The molecule has 1 aliphatic rings. The first-order valence-corrected chi connectivity index (χ1v) is 7.20. The Hall–Kier alpha value is -0.420. The molecule has 2 rings (SSSR count). The quantitative estimate of drug-likeness (QED) is 0.928. The van der Waals surface area contributed by atoms with Crippen LogP contribution in [0.4, 0.5) is 0 Å². The van der Waals surface area contributed by atoms with Gasteiger partial charge in [0.25, 0.3) is 0 Å². The summed E-state index contributed by atoms with van der Waals surface area (Å²) in [6.45, 7) is 4.55. The molecule has 2 atom stereocenters. The van der Waals surface area contributed by atoms with Crippen LogP contribution in [0.15, 0.2) is 22.7 Å². The highest BCUT2D eigenvalue weighted by Crippen LogP contribution is 2.24. The minimum Gasteiger partial charge on any atom is -0.377 e. The van der Waals surface area contributed by atoms with E-state index < -0.39 is 0 Å². The molecule has 0 bridgehead atoms. The van der Waals surface area contributed by atoms with E-state index in [1.165, 1.54) is 5.56 Å². The summed E-state index contributed by atoms with van der Waals surface area (Å²) < 4.78 is 6.76. The average Bonchev–Trinajstić information content (AvgIpc) is 2.78. The second kappa shape index (κ2) is 6.15. The average molecular weight is 313 g/mol. The van der Waals surface area contributed by atoms with Gasteiger partial charge in [0.2, 0.25) is 0 Å². The molecule has 0 aliphatic carbocycles. The van der Waals surface area contributed by atoms with Gasteiger partial charge in [-0.3, -0.25) is 4.90 Å². The molecule has 1 aromatic rings. The molecular formula is C14H21BrN2O. The number of benzene rings is 1. The van der Waals surface area contributed by atoms with Gasteiger partial charge in [0.05, 0.1) is 6.10 Å². The summed E-state index contributed by atoms with van der Waals surface area (Å²) >= 11 is 3.63. The summed E-state index contributed by atoms with van der Waals surface area (Å²) in [7, 11) is 2.17. The Morgan fingerprint density at radius 2 is 2.28 bits per heavy atom. The third-order valence-corrected chi connectivity index (χ3v) is 4.41. The van der Waals surface area contributed by atoms with E-state index in [1.807, 2.05) is 0 Å². The standard InChI is InChI=1S/C14H21BrN2O/c1-10-14(5-6-18-10)17(2)9-12-4-3-11(8-16)7-13(12)15/h3-4,7,10,14H,5-6,8-9,16H2,1-2H3. The van der Waals surface area contributed by atoms with E-state index in [9.17, 15) is 0 Å². The molecule has 1 aliphatic heterocycles. The Morgan fingerprint density at radius 1 is 1.50 bits per heavy atom. The summed E-state index contributed by atoms with van der Waals surface area (Å²) in [5, 5.41) is 0. The minimum absolute atomic E-state index is 0.331. The Labute approximate surface area is 117 Å². The van der Waals surface area contributed by atoms with Crippen molar-refractivity contribution in [2.45, 2.75) is 38.6 Å². The Bertz CT molecular complexity index is 411. The van der Waals surface area contributed by atoms with E-state index in [1.54, 1.807) is 0 Å². The third-order valence-electron chi connectivity index (χ3n) is 3.68. The smallest absolute Gasteiger partial charge is 0.0703 e. The van der Waals surface area contributed by atoms with Gasteiger partial charge >= 0.3 is 0 Å². The minimum atomic E-state index is 0.331. The zero-order chi connectivity index (χ0) is 13.1. The van der Waals surface area contributed by atoms with Crippen LogP contribution in [0.1, 0.15) is 24.5 Å². The molecule has 1 heterocycles. The van der Waals surface area contributed by atoms with Crippen LogP contribution >= 0.6 is 15.9 Å². The second-order valence-corrected chi connectivity index (χ2v) is 5.83. The van der Waals surface area contributed by atoms with Crippen molar-refractivity contribution in [3.8, 4) is 0 Å². The lowest BCUT2D eigenvalue weighted by Gasteiger charge is -2.27. The van der Waals surface area contributed by atoms with E-state index in [-0.39, 0.29) is 0 Å². The fourth-order valence-electron chi connectivity index (χ4n) is 2.53. The zero-order valence-corrected chi connectivity index (χ0v) is 12.6. The fourth-order valence-corrected chi connectivity index (χ4v) is 3.08. The van der Waals surface area contributed by atoms with Crippen molar-refractivity contribution in [1.29, 1.82) is 0 Å². The summed E-state index contributed by atoms with van der Waals surface area (Å²) in [5.74, 6) is 0. The van der Waals surface area contributed by atoms with Crippen molar-refractivity contribution in [1.82, 2.24) is 4.90 Å². The lowest BCUT2D eigenvalue weighted by Crippen LogP contribution is -2.36. The van der Waals surface area contributed by atoms with Crippen molar-refractivity contribution in [2.24, 2.45) is 5.73 Å². The topological polar surface area (TPSA) is 38.5 Å². The number of nitrogens with zero attached hydrogens (tertiary/aromatic N) is 1. The van der Waals surface area contributed by atoms with E-state index in [4.69, 9.17) is 10.5 Å². The molecule has 1 saturated heterocycles. The van der Waals surface area contributed by atoms with Crippen molar-refractivity contribution in [2.75, 3.05) is 13.7 Å². The summed E-state index contributed by atoms with van der Waals surface area (Å²) in [6, 6.07) is 6.88. The van der Waals surface area contributed by atoms with Gasteiger partial charge in [-0.1, -0.05) is 28.1 Å². The van der Waals surface area contributed by atoms with Crippen LogP contribution in [0, 0.1) is 0 Å². The fraction of sp³-hybridized carbons (Fsp3) is 0.571. The van der Waals surface area contributed by atoms with Gasteiger partial charge in [-0.2, -0.15) is 0 Å². The van der Waals surface area contributed by atoms with Crippen molar-refractivity contribution in [3.63, 3.8) is 0 Å².